The third kappa shape index (κ3) is 4.03. The summed E-state index contributed by atoms with van der Waals surface area (Å²) in [5, 5.41) is 0. The van der Waals surface area contributed by atoms with Gasteiger partial charge in [0.15, 0.2) is 0 Å². The normalized spacial score (nSPS) is 12.2. The Morgan fingerprint density at radius 2 is 1.95 bits per heavy atom. The number of nitrogens with zero attached hydrogens (tertiary/aromatic N) is 2. The van der Waals surface area contributed by atoms with Crippen molar-refractivity contribution in [3.05, 3.63) is 53.6 Å². The molecule has 0 aliphatic heterocycles. The molecule has 2 heterocycles. The lowest BCUT2D eigenvalue weighted by atomic mass is 10.1. The highest BCUT2D eigenvalue weighted by molar-refractivity contribution is 5.30. The Kier molecular flexibility index (Phi) is 4.47. The van der Waals surface area contributed by atoms with E-state index >= 15 is 0 Å². The van der Waals surface area contributed by atoms with Crippen molar-refractivity contribution in [1.82, 2.24) is 9.97 Å². The van der Waals surface area contributed by atoms with Crippen LogP contribution in [0.4, 0.5) is 0 Å². The van der Waals surface area contributed by atoms with Crippen LogP contribution < -0.4 is 10.5 Å². The summed E-state index contributed by atoms with van der Waals surface area (Å²) in [6.45, 7) is 4.45. The van der Waals surface area contributed by atoms with Gasteiger partial charge in [0.1, 0.15) is 12.4 Å². The molecule has 0 saturated carbocycles. The molecular formula is C15H19N3O. The van der Waals surface area contributed by atoms with Crippen molar-refractivity contribution in [1.29, 1.82) is 0 Å². The molecule has 2 rings (SSSR count). The Morgan fingerprint density at radius 3 is 2.63 bits per heavy atom. The summed E-state index contributed by atoms with van der Waals surface area (Å²) in [6.07, 6.45) is 4.23. The van der Waals surface area contributed by atoms with Crippen LogP contribution >= 0.6 is 0 Å². The van der Waals surface area contributed by atoms with E-state index in [1.165, 1.54) is 0 Å². The lowest BCUT2D eigenvalue weighted by Gasteiger charge is -2.13. The van der Waals surface area contributed by atoms with Gasteiger partial charge in [-0.15, -0.1) is 0 Å². The lowest BCUT2D eigenvalue weighted by Crippen LogP contribution is -2.19. The predicted octanol–water partition coefficient (Wildman–Crippen LogP) is 2.25. The lowest BCUT2D eigenvalue weighted by molar-refractivity contribution is 0.300. The second kappa shape index (κ2) is 6.29. The largest absolute Gasteiger partial charge is 0.487 e. The average molecular weight is 257 g/mol. The quantitative estimate of drug-likeness (QED) is 0.892. The topological polar surface area (TPSA) is 61.0 Å². The molecular weight excluding hydrogens is 238 g/mol. The second-order valence-corrected chi connectivity index (χ2v) is 4.72. The van der Waals surface area contributed by atoms with Gasteiger partial charge in [-0.3, -0.25) is 9.97 Å². The van der Waals surface area contributed by atoms with E-state index in [0.717, 1.165) is 22.7 Å². The number of ether oxygens (including phenoxy) is 1. The zero-order valence-corrected chi connectivity index (χ0v) is 11.3. The molecule has 4 heteroatoms. The summed E-state index contributed by atoms with van der Waals surface area (Å²) in [4.78, 5) is 8.49. The number of aryl methyl sites for hydroxylation is 1. The van der Waals surface area contributed by atoms with Crippen LogP contribution in [-0.2, 0) is 13.0 Å². The second-order valence-electron chi connectivity index (χ2n) is 4.72. The van der Waals surface area contributed by atoms with Crippen LogP contribution in [0, 0.1) is 6.92 Å². The number of aromatic nitrogens is 2. The molecule has 2 N–H and O–H groups in total. The summed E-state index contributed by atoms with van der Waals surface area (Å²) >= 11 is 0. The Labute approximate surface area is 113 Å². The van der Waals surface area contributed by atoms with Crippen molar-refractivity contribution in [2.75, 3.05) is 0 Å². The van der Waals surface area contributed by atoms with E-state index in [1.54, 1.807) is 12.4 Å². The van der Waals surface area contributed by atoms with Crippen LogP contribution in [0.3, 0.4) is 0 Å². The number of pyridine rings is 2. The van der Waals surface area contributed by atoms with Gasteiger partial charge in [0.2, 0.25) is 0 Å². The molecule has 100 valence electrons. The van der Waals surface area contributed by atoms with Crippen LogP contribution in [0.5, 0.6) is 5.75 Å². The average Bonchev–Trinajstić information content (AvgIpc) is 2.38. The number of hydrogen-bond acceptors (Lipinski definition) is 4. The van der Waals surface area contributed by atoms with Crippen LogP contribution in [0.1, 0.15) is 23.9 Å². The van der Waals surface area contributed by atoms with Crippen molar-refractivity contribution < 1.29 is 4.74 Å². The monoisotopic (exact) mass is 257 g/mol. The number of hydrogen-bond donors (Lipinski definition) is 1. The third-order valence-corrected chi connectivity index (χ3v) is 2.73. The van der Waals surface area contributed by atoms with Gasteiger partial charge in [-0.25, -0.2) is 0 Å². The van der Waals surface area contributed by atoms with Gasteiger partial charge in [0, 0.05) is 30.6 Å². The molecule has 0 aromatic carbocycles. The standard InChI is InChI=1S/C15H19N3O/c1-11(16)9-14-15(4-3-12(2)18-14)19-10-13-5-7-17-8-6-13/h3-8,11H,9-10,16H2,1-2H3. The SMILES string of the molecule is Cc1ccc(OCc2ccncc2)c(CC(C)N)n1. The molecule has 19 heavy (non-hydrogen) atoms. The van der Waals surface area contributed by atoms with E-state index in [4.69, 9.17) is 10.5 Å². The fraction of sp³-hybridized carbons (Fsp3) is 0.333. The summed E-state index contributed by atoms with van der Waals surface area (Å²) in [6, 6.07) is 7.85. The highest BCUT2D eigenvalue weighted by atomic mass is 16.5. The first-order valence-electron chi connectivity index (χ1n) is 6.39. The maximum absolute atomic E-state index is 5.85. The minimum Gasteiger partial charge on any atom is -0.487 e. The van der Waals surface area contributed by atoms with E-state index in [0.29, 0.717) is 13.0 Å². The highest BCUT2D eigenvalue weighted by Gasteiger charge is 2.08. The van der Waals surface area contributed by atoms with E-state index in [2.05, 4.69) is 9.97 Å². The molecule has 0 fully saturated rings. The summed E-state index contributed by atoms with van der Waals surface area (Å²) in [5.74, 6) is 0.805. The minimum atomic E-state index is 0.0672. The zero-order valence-electron chi connectivity index (χ0n) is 11.3. The van der Waals surface area contributed by atoms with Gasteiger partial charge < -0.3 is 10.5 Å². The van der Waals surface area contributed by atoms with Crippen molar-refractivity contribution in [3.8, 4) is 5.75 Å². The first-order chi connectivity index (χ1) is 9.15. The molecule has 0 aliphatic rings. The van der Waals surface area contributed by atoms with Gasteiger partial charge >= 0.3 is 0 Å². The fourth-order valence-electron chi connectivity index (χ4n) is 1.82. The Balaban J connectivity index is 2.11. The van der Waals surface area contributed by atoms with E-state index < -0.39 is 0 Å². The van der Waals surface area contributed by atoms with Gasteiger partial charge in [-0.1, -0.05) is 0 Å². The summed E-state index contributed by atoms with van der Waals surface area (Å²) in [7, 11) is 0. The van der Waals surface area contributed by atoms with Gasteiger partial charge in [-0.05, 0) is 43.7 Å². The fourth-order valence-corrected chi connectivity index (χ4v) is 1.82. The first-order valence-corrected chi connectivity index (χ1v) is 6.39. The zero-order chi connectivity index (χ0) is 13.7. The summed E-state index contributed by atoms with van der Waals surface area (Å²) < 4.78 is 5.83. The minimum absolute atomic E-state index is 0.0672. The van der Waals surface area contributed by atoms with Crippen molar-refractivity contribution in [2.45, 2.75) is 32.9 Å². The molecule has 2 aromatic heterocycles. The third-order valence-electron chi connectivity index (χ3n) is 2.73. The number of nitrogens with two attached hydrogens (primary N) is 1. The molecule has 0 radical (unpaired) electrons. The maximum atomic E-state index is 5.85. The Morgan fingerprint density at radius 1 is 1.21 bits per heavy atom. The van der Waals surface area contributed by atoms with E-state index in [1.807, 2.05) is 38.1 Å². The molecule has 1 unspecified atom stereocenters. The molecule has 0 spiro atoms. The van der Waals surface area contributed by atoms with Gasteiger partial charge in [0.05, 0.1) is 5.69 Å². The van der Waals surface area contributed by atoms with Crippen molar-refractivity contribution in [3.63, 3.8) is 0 Å². The first kappa shape index (κ1) is 13.5. The van der Waals surface area contributed by atoms with Gasteiger partial charge in [-0.2, -0.15) is 0 Å². The maximum Gasteiger partial charge on any atom is 0.141 e. The molecule has 4 nitrogen and oxygen atoms in total. The molecule has 0 amide bonds. The molecule has 0 saturated heterocycles. The molecule has 0 aliphatic carbocycles. The number of rotatable bonds is 5. The Hall–Kier alpha value is -1.94. The van der Waals surface area contributed by atoms with E-state index in [-0.39, 0.29) is 6.04 Å². The van der Waals surface area contributed by atoms with E-state index in [9.17, 15) is 0 Å². The summed E-state index contributed by atoms with van der Waals surface area (Å²) in [5.41, 5.74) is 8.83. The molecule has 2 aromatic rings. The van der Waals surface area contributed by atoms with Crippen LogP contribution in [0.2, 0.25) is 0 Å². The van der Waals surface area contributed by atoms with Crippen LogP contribution in [-0.4, -0.2) is 16.0 Å². The smallest absolute Gasteiger partial charge is 0.141 e. The highest BCUT2D eigenvalue weighted by Crippen LogP contribution is 2.19. The van der Waals surface area contributed by atoms with Crippen LogP contribution in [0.15, 0.2) is 36.7 Å². The van der Waals surface area contributed by atoms with Crippen molar-refractivity contribution >= 4 is 0 Å². The predicted molar refractivity (Wildman–Crippen MR) is 74.9 cm³/mol. The van der Waals surface area contributed by atoms with Gasteiger partial charge in [0.25, 0.3) is 0 Å². The molecule has 0 bridgehead atoms. The van der Waals surface area contributed by atoms with Crippen molar-refractivity contribution in [2.24, 2.45) is 5.73 Å². The molecule has 1 atom stereocenters. The Bertz CT molecular complexity index is 526. The van der Waals surface area contributed by atoms with Crippen LogP contribution in [0.25, 0.3) is 0 Å².